The summed E-state index contributed by atoms with van der Waals surface area (Å²) in [6.07, 6.45) is 7.40. The van der Waals surface area contributed by atoms with Crippen LogP contribution >= 0.6 is 24.2 Å². The summed E-state index contributed by atoms with van der Waals surface area (Å²) in [7, 11) is 1.89. The van der Waals surface area contributed by atoms with Crippen molar-refractivity contribution in [2.24, 2.45) is 16.9 Å². The zero-order valence-corrected chi connectivity index (χ0v) is 19.2. The number of ketones is 1. The highest BCUT2D eigenvalue weighted by Crippen LogP contribution is 2.25. The van der Waals surface area contributed by atoms with E-state index in [1.54, 1.807) is 0 Å². The topological polar surface area (TPSA) is 100 Å². The van der Waals surface area contributed by atoms with Crippen molar-refractivity contribution in [1.82, 2.24) is 15.6 Å². The molecule has 3 rings (SSSR count). The third-order valence-electron chi connectivity index (χ3n) is 6.00. The fourth-order valence-corrected chi connectivity index (χ4v) is 5.12. The van der Waals surface area contributed by atoms with Gasteiger partial charge in [0.25, 0.3) is 0 Å². The van der Waals surface area contributed by atoms with Crippen molar-refractivity contribution in [2.45, 2.75) is 57.4 Å². The van der Waals surface area contributed by atoms with Crippen LogP contribution in [-0.2, 0) is 19.1 Å². The fraction of sp³-hybridized carbons (Fsp3) is 0.800. The lowest BCUT2D eigenvalue weighted by atomic mass is 9.87. The van der Waals surface area contributed by atoms with E-state index < -0.39 is 17.7 Å². The predicted molar refractivity (Wildman–Crippen MR) is 120 cm³/mol. The number of nitrogens with one attached hydrogen (secondary N) is 2. The molecule has 0 radical (unpaired) electrons. The van der Waals surface area contributed by atoms with E-state index in [-0.39, 0.29) is 30.2 Å². The molecule has 3 aliphatic rings. The Kier molecular flexibility index (Phi) is 10.4. The lowest BCUT2D eigenvalue weighted by Crippen LogP contribution is -2.53. The van der Waals surface area contributed by atoms with Gasteiger partial charge in [0.1, 0.15) is 6.04 Å². The first kappa shape index (κ1) is 24.9. The Bertz CT molecular complexity index is 634. The maximum atomic E-state index is 13.0. The Hall–Kier alpha value is -1.32. The Morgan fingerprint density at radius 3 is 2.37 bits per heavy atom. The monoisotopic (exact) mass is 460 g/mol. The summed E-state index contributed by atoms with van der Waals surface area (Å²) in [5, 5.41) is 7.71. The van der Waals surface area contributed by atoms with Crippen LogP contribution in [0.5, 0.6) is 0 Å². The van der Waals surface area contributed by atoms with Crippen molar-refractivity contribution in [3.05, 3.63) is 0 Å². The van der Waals surface area contributed by atoms with Crippen LogP contribution in [0.2, 0.25) is 0 Å². The molecule has 1 saturated carbocycles. The van der Waals surface area contributed by atoms with Crippen LogP contribution in [0.1, 0.15) is 51.4 Å². The first-order chi connectivity index (χ1) is 14.1. The van der Waals surface area contributed by atoms with Crippen LogP contribution in [0.3, 0.4) is 0 Å². The number of hydrazone groups is 1. The van der Waals surface area contributed by atoms with Crippen LogP contribution in [0, 0.1) is 11.8 Å². The van der Waals surface area contributed by atoms with Crippen molar-refractivity contribution in [3.63, 3.8) is 0 Å². The van der Waals surface area contributed by atoms with Gasteiger partial charge in [-0.25, -0.2) is 5.43 Å². The molecule has 2 amide bonds. The molecule has 0 aromatic carbocycles. The third-order valence-corrected chi connectivity index (χ3v) is 7.05. The first-order valence-electron chi connectivity index (χ1n) is 10.7. The Morgan fingerprint density at radius 1 is 1.10 bits per heavy atom. The standard InChI is InChI=1S/C20H32N4O4S.ClH/c1-24-10-13-29-20(24)23-22-19(27)17(25)16(14-8-11-28-12-9-14)21-18(26)15-6-4-2-3-5-7-15;/h14-16H,2-13H2,1H3,(H,21,26)(H,22,27);1H/t16-;/m0./s1. The van der Waals surface area contributed by atoms with Crippen LogP contribution in [0.4, 0.5) is 0 Å². The van der Waals surface area contributed by atoms with Gasteiger partial charge in [0, 0.05) is 38.5 Å². The van der Waals surface area contributed by atoms with Gasteiger partial charge in [-0.15, -0.1) is 17.5 Å². The number of amidine groups is 1. The summed E-state index contributed by atoms with van der Waals surface area (Å²) in [6.45, 7) is 1.94. The number of carbonyl (C=O) groups excluding carboxylic acids is 3. The summed E-state index contributed by atoms with van der Waals surface area (Å²) in [5.74, 6) is -0.736. The highest BCUT2D eigenvalue weighted by molar-refractivity contribution is 8.14. The molecular formula is C20H33ClN4O4S. The van der Waals surface area contributed by atoms with Crippen molar-refractivity contribution >= 4 is 46.9 Å². The number of hydrogen-bond donors (Lipinski definition) is 2. The molecule has 1 atom stereocenters. The zero-order valence-electron chi connectivity index (χ0n) is 17.6. The van der Waals surface area contributed by atoms with E-state index in [9.17, 15) is 14.4 Å². The SMILES string of the molecule is CN1CCSC1=NNC(=O)C(=O)[C@@H](NC(=O)C1CCCCCC1)C1CCOCC1.Cl. The second kappa shape index (κ2) is 12.5. The van der Waals surface area contributed by atoms with Gasteiger partial charge in [0.2, 0.25) is 11.7 Å². The molecule has 3 fully saturated rings. The van der Waals surface area contributed by atoms with E-state index in [1.165, 1.54) is 11.8 Å². The largest absolute Gasteiger partial charge is 0.381 e. The number of amides is 2. The molecule has 2 saturated heterocycles. The number of halogens is 1. The number of rotatable bonds is 6. The maximum absolute atomic E-state index is 13.0. The second-order valence-corrected chi connectivity index (χ2v) is 9.16. The number of nitrogens with zero attached hydrogens (tertiary/aromatic N) is 2. The molecule has 1 aliphatic carbocycles. The normalized spacial score (nSPS) is 23.4. The maximum Gasteiger partial charge on any atom is 0.309 e. The van der Waals surface area contributed by atoms with Gasteiger partial charge in [-0.1, -0.05) is 37.4 Å². The van der Waals surface area contributed by atoms with Gasteiger partial charge in [-0.05, 0) is 31.6 Å². The molecule has 170 valence electrons. The number of carbonyl (C=O) groups is 3. The number of thioether (sulfide) groups is 1. The molecule has 30 heavy (non-hydrogen) atoms. The molecule has 0 unspecified atom stereocenters. The zero-order chi connectivity index (χ0) is 20.6. The highest BCUT2D eigenvalue weighted by Gasteiger charge is 2.36. The Balaban J connectivity index is 0.00000320. The van der Waals surface area contributed by atoms with E-state index >= 15 is 0 Å². The lowest BCUT2D eigenvalue weighted by molar-refractivity contribution is -0.142. The molecule has 2 aliphatic heterocycles. The van der Waals surface area contributed by atoms with E-state index in [1.807, 2.05) is 11.9 Å². The number of Topliss-reactive ketones (excluding diaryl/α,β-unsaturated/α-hetero) is 1. The van der Waals surface area contributed by atoms with Gasteiger partial charge >= 0.3 is 5.91 Å². The molecule has 0 bridgehead atoms. The summed E-state index contributed by atoms with van der Waals surface area (Å²) >= 11 is 1.54. The van der Waals surface area contributed by atoms with Crippen molar-refractivity contribution in [3.8, 4) is 0 Å². The summed E-state index contributed by atoms with van der Waals surface area (Å²) < 4.78 is 5.40. The Labute approximate surface area is 188 Å². The fourth-order valence-electron chi connectivity index (χ4n) is 4.15. The van der Waals surface area contributed by atoms with E-state index in [4.69, 9.17) is 4.74 Å². The average molecular weight is 461 g/mol. The minimum Gasteiger partial charge on any atom is -0.381 e. The van der Waals surface area contributed by atoms with Gasteiger partial charge < -0.3 is 15.0 Å². The molecular weight excluding hydrogens is 428 g/mol. The van der Waals surface area contributed by atoms with Crippen molar-refractivity contribution < 1.29 is 19.1 Å². The molecule has 0 aromatic rings. The van der Waals surface area contributed by atoms with Crippen LogP contribution < -0.4 is 10.7 Å². The number of hydrogen-bond acceptors (Lipinski definition) is 6. The van der Waals surface area contributed by atoms with Gasteiger partial charge in [-0.3, -0.25) is 14.4 Å². The van der Waals surface area contributed by atoms with Gasteiger partial charge in [0.05, 0.1) is 0 Å². The highest BCUT2D eigenvalue weighted by atomic mass is 35.5. The summed E-state index contributed by atoms with van der Waals surface area (Å²) in [4.78, 5) is 40.3. The molecule has 2 N–H and O–H groups in total. The van der Waals surface area contributed by atoms with E-state index in [0.29, 0.717) is 31.2 Å². The van der Waals surface area contributed by atoms with Crippen LogP contribution in [0.15, 0.2) is 5.10 Å². The van der Waals surface area contributed by atoms with Crippen molar-refractivity contribution in [1.29, 1.82) is 0 Å². The molecule has 0 aromatic heterocycles. The van der Waals surface area contributed by atoms with Crippen molar-refractivity contribution in [2.75, 3.05) is 32.6 Å². The van der Waals surface area contributed by atoms with E-state index in [0.717, 1.165) is 50.8 Å². The van der Waals surface area contributed by atoms with Crippen LogP contribution in [0.25, 0.3) is 0 Å². The third kappa shape index (κ3) is 6.85. The average Bonchev–Trinajstić information content (AvgIpc) is 2.97. The van der Waals surface area contributed by atoms with E-state index in [2.05, 4.69) is 15.8 Å². The molecule has 10 heteroatoms. The van der Waals surface area contributed by atoms with Gasteiger partial charge in [0.15, 0.2) is 5.17 Å². The quantitative estimate of drug-likeness (QED) is 0.357. The predicted octanol–water partition coefficient (Wildman–Crippen LogP) is 1.92. The van der Waals surface area contributed by atoms with Crippen LogP contribution in [-0.4, -0.2) is 66.3 Å². The first-order valence-corrected chi connectivity index (χ1v) is 11.7. The smallest absolute Gasteiger partial charge is 0.309 e. The minimum absolute atomic E-state index is 0. The minimum atomic E-state index is -0.816. The molecule has 8 nitrogen and oxygen atoms in total. The Morgan fingerprint density at radius 2 is 1.77 bits per heavy atom. The number of ether oxygens (including phenoxy) is 1. The second-order valence-electron chi connectivity index (χ2n) is 8.09. The summed E-state index contributed by atoms with van der Waals surface area (Å²) in [6, 6.07) is -0.816. The van der Waals surface area contributed by atoms with Gasteiger partial charge in [-0.2, -0.15) is 0 Å². The molecule has 2 heterocycles. The lowest BCUT2D eigenvalue weighted by Gasteiger charge is -2.30. The summed E-state index contributed by atoms with van der Waals surface area (Å²) in [5.41, 5.74) is 2.39. The molecule has 0 spiro atoms.